The Labute approximate surface area is 210 Å². The van der Waals surface area contributed by atoms with Crippen LogP contribution < -0.4 is 10.9 Å². The molecule has 1 saturated carbocycles. The molecule has 36 heavy (non-hydrogen) atoms. The highest BCUT2D eigenvalue weighted by Gasteiger charge is 2.22. The Bertz CT molecular complexity index is 1280. The van der Waals surface area contributed by atoms with Gasteiger partial charge in [0.2, 0.25) is 0 Å². The van der Waals surface area contributed by atoms with Crippen molar-refractivity contribution in [2.24, 2.45) is 5.92 Å². The van der Waals surface area contributed by atoms with E-state index in [2.05, 4.69) is 10.3 Å². The molecule has 8 nitrogen and oxygen atoms in total. The Morgan fingerprint density at radius 1 is 1.06 bits per heavy atom. The summed E-state index contributed by atoms with van der Waals surface area (Å²) in [5.41, 5.74) is 1.54. The van der Waals surface area contributed by atoms with E-state index in [9.17, 15) is 19.5 Å². The Morgan fingerprint density at radius 3 is 2.53 bits per heavy atom. The Kier molecular flexibility index (Phi) is 8.36. The van der Waals surface area contributed by atoms with Gasteiger partial charge in [0.1, 0.15) is 0 Å². The topological polar surface area (TPSA) is 122 Å². The van der Waals surface area contributed by atoms with E-state index in [0.717, 1.165) is 31.2 Å². The van der Waals surface area contributed by atoms with Crippen molar-refractivity contribution in [3.8, 4) is 16.9 Å². The van der Waals surface area contributed by atoms with Gasteiger partial charge in [-0.25, -0.2) is 4.98 Å². The molecule has 0 saturated heterocycles. The number of aromatic nitrogens is 2. The molecule has 2 heterocycles. The van der Waals surface area contributed by atoms with Gasteiger partial charge in [-0.05, 0) is 43.2 Å². The largest absolute Gasteiger partial charge is 0.505 e. The quantitative estimate of drug-likeness (QED) is 0.353. The fraction of sp³-hybridized carbons (Fsp3) is 0.429. The first kappa shape index (κ1) is 25.4. The van der Waals surface area contributed by atoms with Gasteiger partial charge in [0.15, 0.2) is 11.4 Å². The molecular weight excluding hydrogens is 458 g/mol. The number of nitrogens with one attached hydrogen (secondary N) is 1. The maximum absolute atomic E-state index is 13.6. The zero-order chi connectivity index (χ0) is 25.5. The molecule has 0 unspecified atom stereocenters. The number of hydrogen-bond donors (Lipinski definition) is 3. The molecular formula is C28H33N3O5. The summed E-state index contributed by atoms with van der Waals surface area (Å²) in [7, 11) is 0. The zero-order valence-electron chi connectivity index (χ0n) is 20.4. The van der Waals surface area contributed by atoms with E-state index in [1.54, 1.807) is 10.6 Å². The monoisotopic (exact) mass is 491 g/mol. The van der Waals surface area contributed by atoms with Crippen LogP contribution in [0.15, 0.2) is 47.4 Å². The number of nitrogens with zero attached hydrogens (tertiary/aromatic N) is 2. The average molecular weight is 492 g/mol. The second kappa shape index (κ2) is 11.8. The summed E-state index contributed by atoms with van der Waals surface area (Å²) in [6, 6.07) is 11.0. The first-order valence-electron chi connectivity index (χ1n) is 12.8. The number of fused-ring (bicyclic) bond motifs is 1. The SMILES string of the molecule is O=C(O)CCCCCNC(=O)c1ncc2c(cc(-c3ccccc3)c(=O)n2CC2CCCCC2)c1O. The first-order valence-corrected chi connectivity index (χ1v) is 12.8. The number of pyridine rings is 2. The summed E-state index contributed by atoms with van der Waals surface area (Å²) in [4.78, 5) is 41.2. The molecule has 2 aromatic heterocycles. The predicted molar refractivity (Wildman–Crippen MR) is 138 cm³/mol. The number of carboxylic acid groups (broad SMARTS) is 1. The molecule has 190 valence electrons. The number of carboxylic acids is 1. The minimum absolute atomic E-state index is 0.0880. The number of carbonyl (C=O) groups excluding carboxylic acids is 1. The van der Waals surface area contributed by atoms with E-state index < -0.39 is 11.9 Å². The smallest absolute Gasteiger partial charge is 0.303 e. The summed E-state index contributed by atoms with van der Waals surface area (Å²) in [6.45, 7) is 0.910. The van der Waals surface area contributed by atoms with Crippen LogP contribution in [-0.4, -0.2) is 38.2 Å². The minimum Gasteiger partial charge on any atom is -0.505 e. The van der Waals surface area contributed by atoms with E-state index in [0.29, 0.717) is 54.7 Å². The van der Waals surface area contributed by atoms with Crippen molar-refractivity contribution in [1.82, 2.24) is 14.9 Å². The lowest BCUT2D eigenvalue weighted by atomic mass is 9.89. The highest BCUT2D eigenvalue weighted by atomic mass is 16.4. The molecule has 1 aromatic carbocycles. The van der Waals surface area contributed by atoms with Crippen molar-refractivity contribution >= 4 is 22.8 Å². The maximum atomic E-state index is 13.6. The van der Waals surface area contributed by atoms with Crippen LogP contribution >= 0.6 is 0 Å². The van der Waals surface area contributed by atoms with Gasteiger partial charge in [0, 0.05) is 30.5 Å². The van der Waals surface area contributed by atoms with E-state index >= 15 is 0 Å². The Morgan fingerprint density at radius 2 is 1.81 bits per heavy atom. The second-order valence-corrected chi connectivity index (χ2v) is 9.56. The van der Waals surface area contributed by atoms with Crippen molar-refractivity contribution in [2.45, 2.75) is 64.3 Å². The van der Waals surface area contributed by atoms with Gasteiger partial charge < -0.3 is 20.1 Å². The van der Waals surface area contributed by atoms with Gasteiger partial charge in [-0.1, -0.05) is 56.0 Å². The van der Waals surface area contributed by atoms with E-state index in [4.69, 9.17) is 5.11 Å². The van der Waals surface area contributed by atoms with Crippen molar-refractivity contribution in [3.05, 3.63) is 58.6 Å². The second-order valence-electron chi connectivity index (χ2n) is 9.56. The third-order valence-corrected chi connectivity index (χ3v) is 6.94. The van der Waals surface area contributed by atoms with Gasteiger partial charge in [0.25, 0.3) is 11.5 Å². The molecule has 1 amide bonds. The van der Waals surface area contributed by atoms with Gasteiger partial charge in [-0.15, -0.1) is 0 Å². The van der Waals surface area contributed by atoms with Crippen LogP contribution in [0.5, 0.6) is 5.75 Å². The highest BCUT2D eigenvalue weighted by molar-refractivity contribution is 6.01. The van der Waals surface area contributed by atoms with Crippen molar-refractivity contribution < 1.29 is 19.8 Å². The zero-order valence-corrected chi connectivity index (χ0v) is 20.4. The molecule has 1 aliphatic rings. The summed E-state index contributed by atoms with van der Waals surface area (Å²) in [5.74, 6) is -1.19. The molecule has 1 aliphatic carbocycles. The summed E-state index contributed by atoms with van der Waals surface area (Å²) in [5, 5.41) is 23.0. The molecule has 1 fully saturated rings. The number of unbranched alkanes of at least 4 members (excludes halogenated alkanes) is 2. The summed E-state index contributed by atoms with van der Waals surface area (Å²) >= 11 is 0. The fourth-order valence-electron chi connectivity index (χ4n) is 4.99. The number of benzene rings is 1. The predicted octanol–water partition coefficient (Wildman–Crippen LogP) is 4.72. The molecule has 0 radical (unpaired) electrons. The number of aliphatic carboxylic acids is 1. The van der Waals surface area contributed by atoms with Crippen LogP contribution in [0.3, 0.4) is 0 Å². The van der Waals surface area contributed by atoms with Crippen LogP contribution in [0.25, 0.3) is 22.0 Å². The van der Waals surface area contributed by atoms with E-state index in [-0.39, 0.29) is 23.4 Å². The third-order valence-electron chi connectivity index (χ3n) is 6.94. The standard InChI is InChI=1S/C28H33N3O5/c32-24(33)14-8-3-9-15-29-27(35)25-26(34)22-16-21(20-12-6-2-7-13-20)28(36)31(23(22)17-30-25)18-19-10-4-1-5-11-19/h2,6-7,12-13,16-17,19,34H,1,3-5,8-11,14-15,18H2,(H,29,35)(H,32,33). The molecule has 0 atom stereocenters. The molecule has 0 aliphatic heterocycles. The summed E-state index contributed by atoms with van der Waals surface area (Å²) < 4.78 is 1.71. The van der Waals surface area contributed by atoms with Crippen LogP contribution in [0, 0.1) is 5.92 Å². The average Bonchev–Trinajstić information content (AvgIpc) is 2.88. The van der Waals surface area contributed by atoms with Crippen LogP contribution in [0.4, 0.5) is 0 Å². The highest BCUT2D eigenvalue weighted by Crippen LogP contribution is 2.31. The molecule has 8 heteroatoms. The van der Waals surface area contributed by atoms with Gasteiger partial charge in [-0.3, -0.25) is 14.4 Å². The number of hydrogen-bond acceptors (Lipinski definition) is 5. The minimum atomic E-state index is -0.832. The van der Waals surface area contributed by atoms with Crippen LogP contribution in [0.1, 0.15) is 68.3 Å². The first-order chi connectivity index (χ1) is 17.5. The van der Waals surface area contributed by atoms with Gasteiger partial charge in [-0.2, -0.15) is 0 Å². The number of amides is 1. The summed E-state index contributed by atoms with van der Waals surface area (Å²) in [6.07, 6.45) is 9.13. The molecule has 4 rings (SSSR count). The van der Waals surface area contributed by atoms with Crippen molar-refractivity contribution in [2.75, 3.05) is 6.54 Å². The number of aromatic hydroxyl groups is 1. The van der Waals surface area contributed by atoms with Crippen LogP contribution in [-0.2, 0) is 11.3 Å². The molecule has 0 bridgehead atoms. The third kappa shape index (κ3) is 5.93. The number of carbonyl (C=O) groups is 2. The molecule has 3 N–H and O–H groups in total. The van der Waals surface area contributed by atoms with Crippen molar-refractivity contribution in [3.63, 3.8) is 0 Å². The van der Waals surface area contributed by atoms with Crippen LogP contribution in [0.2, 0.25) is 0 Å². The Hall–Kier alpha value is -3.68. The Balaban J connectivity index is 1.65. The van der Waals surface area contributed by atoms with E-state index in [1.165, 1.54) is 12.6 Å². The van der Waals surface area contributed by atoms with Crippen molar-refractivity contribution in [1.29, 1.82) is 0 Å². The number of rotatable bonds is 10. The normalized spacial score (nSPS) is 14.1. The lowest BCUT2D eigenvalue weighted by Gasteiger charge is -2.24. The van der Waals surface area contributed by atoms with Gasteiger partial charge in [0.05, 0.1) is 11.7 Å². The molecule has 0 spiro atoms. The fourth-order valence-corrected chi connectivity index (χ4v) is 4.99. The van der Waals surface area contributed by atoms with E-state index in [1.807, 2.05) is 30.3 Å². The lowest BCUT2D eigenvalue weighted by molar-refractivity contribution is -0.137. The lowest BCUT2D eigenvalue weighted by Crippen LogP contribution is -2.28. The molecule has 3 aromatic rings. The maximum Gasteiger partial charge on any atom is 0.303 e. The van der Waals surface area contributed by atoms with Gasteiger partial charge >= 0.3 is 5.97 Å².